The maximum atomic E-state index is 12.2. The summed E-state index contributed by atoms with van der Waals surface area (Å²) in [4.78, 5) is 16.4. The summed E-state index contributed by atoms with van der Waals surface area (Å²) in [6.45, 7) is 6.65. The van der Waals surface area contributed by atoms with Crippen molar-refractivity contribution in [3.63, 3.8) is 0 Å². The van der Waals surface area contributed by atoms with Crippen molar-refractivity contribution in [1.82, 2.24) is 10.3 Å². The first kappa shape index (κ1) is 18.6. The highest BCUT2D eigenvalue weighted by Gasteiger charge is 2.12. The first-order chi connectivity index (χ1) is 11.2. The number of nitrogens with zero attached hydrogens (tertiary/aromatic N) is 1. The third-order valence-electron chi connectivity index (χ3n) is 3.21. The van der Waals surface area contributed by atoms with Gasteiger partial charge in [0.05, 0.1) is 0 Å². The number of halogens is 2. The molecule has 0 radical (unpaired) electrons. The van der Waals surface area contributed by atoms with Crippen molar-refractivity contribution in [2.24, 2.45) is 0 Å². The first-order valence-electron chi connectivity index (χ1n) is 7.71. The molecule has 128 valence electrons. The fourth-order valence-corrected chi connectivity index (χ4v) is 2.69. The van der Waals surface area contributed by atoms with Gasteiger partial charge in [-0.1, -0.05) is 29.3 Å². The van der Waals surface area contributed by atoms with Crippen molar-refractivity contribution >= 4 is 34.8 Å². The average molecular weight is 366 g/mol. The van der Waals surface area contributed by atoms with Gasteiger partial charge in [-0.25, -0.2) is 0 Å². The van der Waals surface area contributed by atoms with E-state index in [4.69, 9.17) is 23.2 Å². The number of aromatic nitrogens is 1. The van der Waals surface area contributed by atoms with E-state index in [1.807, 2.05) is 12.1 Å². The van der Waals surface area contributed by atoms with Crippen LogP contribution in [-0.4, -0.2) is 23.0 Å². The Hall–Kier alpha value is -1.78. The molecule has 0 bridgehead atoms. The lowest BCUT2D eigenvalue weighted by molar-refractivity contribution is 0.0949. The molecule has 2 rings (SSSR count). The summed E-state index contributed by atoms with van der Waals surface area (Å²) in [5, 5.41) is 7.38. The zero-order chi connectivity index (χ0) is 17.7. The number of nitrogens with one attached hydrogen (secondary N) is 2. The Balaban J connectivity index is 1.94. The number of carbonyl (C=O) groups excluding carboxylic acids is 1. The van der Waals surface area contributed by atoms with Crippen LogP contribution < -0.4 is 10.6 Å². The number of hydrogen-bond acceptors (Lipinski definition) is 3. The van der Waals surface area contributed by atoms with Gasteiger partial charge in [-0.15, -0.1) is 0 Å². The molecule has 2 aromatic rings. The SMILES string of the molecule is CC(C)(C)Nc1ccnc(C(=O)NCCc2ccc(Cl)cc2Cl)c1. The predicted molar refractivity (Wildman–Crippen MR) is 100 cm³/mol. The van der Waals surface area contributed by atoms with E-state index in [9.17, 15) is 4.79 Å². The van der Waals surface area contributed by atoms with Gasteiger partial charge in [0.2, 0.25) is 0 Å². The summed E-state index contributed by atoms with van der Waals surface area (Å²) in [7, 11) is 0. The van der Waals surface area contributed by atoms with Crippen LogP contribution in [0.5, 0.6) is 0 Å². The van der Waals surface area contributed by atoms with Crippen LogP contribution in [-0.2, 0) is 6.42 Å². The largest absolute Gasteiger partial charge is 0.380 e. The van der Waals surface area contributed by atoms with E-state index in [1.54, 1.807) is 24.4 Å². The molecule has 24 heavy (non-hydrogen) atoms. The van der Waals surface area contributed by atoms with E-state index in [1.165, 1.54) is 0 Å². The number of carbonyl (C=O) groups is 1. The molecule has 4 nitrogen and oxygen atoms in total. The van der Waals surface area contributed by atoms with Gasteiger partial charge in [-0.2, -0.15) is 0 Å². The van der Waals surface area contributed by atoms with Crippen LogP contribution in [0.15, 0.2) is 36.5 Å². The van der Waals surface area contributed by atoms with Gasteiger partial charge in [0.1, 0.15) is 5.69 Å². The van der Waals surface area contributed by atoms with Crippen LogP contribution >= 0.6 is 23.2 Å². The Morgan fingerprint density at radius 1 is 1.17 bits per heavy atom. The lowest BCUT2D eigenvalue weighted by Crippen LogP contribution is -2.28. The maximum Gasteiger partial charge on any atom is 0.269 e. The van der Waals surface area contributed by atoms with Crippen molar-refractivity contribution in [2.45, 2.75) is 32.7 Å². The van der Waals surface area contributed by atoms with Gasteiger partial charge in [-0.3, -0.25) is 9.78 Å². The van der Waals surface area contributed by atoms with Crippen LogP contribution in [0.4, 0.5) is 5.69 Å². The molecular formula is C18H21Cl2N3O. The monoisotopic (exact) mass is 365 g/mol. The van der Waals surface area contributed by atoms with E-state index >= 15 is 0 Å². The van der Waals surface area contributed by atoms with Gasteiger partial charge < -0.3 is 10.6 Å². The molecular weight excluding hydrogens is 345 g/mol. The second kappa shape index (κ2) is 7.86. The Labute approximate surface area is 152 Å². The summed E-state index contributed by atoms with van der Waals surface area (Å²) in [6, 6.07) is 8.94. The van der Waals surface area contributed by atoms with Gasteiger partial charge in [0.15, 0.2) is 0 Å². The normalized spacial score (nSPS) is 11.2. The molecule has 1 amide bonds. The molecule has 1 aromatic carbocycles. The Morgan fingerprint density at radius 3 is 2.58 bits per heavy atom. The molecule has 1 aromatic heterocycles. The van der Waals surface area contributed by atoms with Crippen LogP contribution in [0.1, 0.15) is 36.8 Å². The molecule has 0 aliphatic rings. The van der Waals surface area contributed by atoms with Gasteiger partial charge in [0, 0.05) is 34.0 Å². The fourth-order valence-electron chi connectivity index (χ4n) is 2.19. The topological polar surface area (TPSA) is 54.0 Å². The van der Waals surface area contributed by atoms with Crippen LogP contribution in [0.2, 0.25) is 10.0 Å². The number of amides is 1. The van der Waals surface area contributed by atoms with Gasteiger partial charge >= 0.3 is 0 Å². The Morgan fingerprint density at radius 2 is 1.92 bits per heavy atom. The van der Waals surface area contributed by atoms with Crippen molar-refractivity contribution in [1.29, 1.82) is 0 Å². The minimum absolute atomic E-state index is 0.0829. The highest BCUT2D eigenvalue weighted by Crippen LogP contribution is 2.21. The second-order valence-electron chi connectivity index (χ2n) is 6.55. The second-order valence-corrected chi connectivity index (χ2v) is 7.39. The number of rotatable bonds is 5. The lowest BCUT2D eigenvalue weighted by atomic mass is 10.1. The Bertz CT molecular complexity index is 726. The predicted octanol–water partition coefficient (Wildman–Crippen LogP) is 4.57. The molecule has 2 N–H and O–H groups in total. The zero-order valence-corrected chi connectivity index (χ0v) is 15.5. The summed E-state index contributed by atoms with van der Waals surface area (Å²) in [5.41, 5.74) is 2.10. The molecule has 6 heteroatoms. The lowest BCUT2D eigenvalue weighted by Gasteiger charge is -2.22. The number of anilines is 1. The van der Waals surface area contributed by atoms with Crippen LogP contribution in [0.3, 0.4) is 0 Å². The first-order valence-corrected chi connectivity index (χ1v) is 8.46. The number of benzene rings is 1. The van der Waals surface area contributed by atoms with Crippen molar-refractivity contribution in [2.75, 3.05) is 11.9 Å². The number of pyridine rings is 1. The highest BCUT2D eigenvalue weighted by atomic mass is 35.5. The maximum absolute atomic E-state index is 12.2. The summed E-state index contributed by atoms with van der Waals surface area (Å²) in [6.07, 6.45) is 2.25. The quantitative estimate of drug-likeness (QED) is 0.815. The van der Waals surface area contributed by atoms with E-state index in [-0.39, 0.29) is 11.4 Å². The van der Waals surface area contributed by atoms with Crippen molar-refractivity contribution in [3.8, 4) is 0 Å². The molecule has 0 aliphatic carbocycles. The minimum atomic E-state index is -0.211. The van der Waals surface area contributed by atoms with E-state index in [0.717, 1.165) is 11.3 Å². The summed E-state index contributed by atoms with van der Waals surface area (Å²) >= 11 is 12.0. The van der Waals surface area contributed by atoms with E-state index in [2.05, 4.69) is 36.4 Å². The average Bonchev–Trinajstić information content (AvgIpc) is 2.48. The summed E-state index contributed by atoms with van der Waals surface area (Å²) < 4.78 is 0. The smallest absolute Gasteiger partial charge is 0.269 e. The molecule has 0 saturated carbocycles. The Kier molecular flexibility index (Phi) is 6.08. The molecule has 0 fully saturated rings. The highest BCUT2D eigenvalue weighted by molar-refractivity contribution is 6.35. The molecule has 0 unspecified atom stereocenters. The third kappa shape index (κ3) is 5.69. The zero-order valence-electron chi connectivity index (χ0n) is 14.0. The van der Waals surface area contributed by atoms with Crippen LogP contribution in [0.25, 0.3) is 0 Å². The fraction of sp³-hybridized carbons (Fsp3) is 0.333. The molecule has 0 saturated heterocycles. The number of hydrogen-bond donors (Lipinski definition) is 2. The molecule has 0 spiro atoms. The van der Waals surface area contributed by atoms with Crippen molar-refractivity contribution in [3.05, 3.63) is 57.8 Å². The molecule has 0 aliphatic heterocycles. The van der Waals surface area contributed by atoms with Crippen molar-refractivity contribution < 1.29 is 4.79 Å². The minimum Gasteiger partial charge on any atom is -0.380 e. The van der Waals surface area contributed by atoms with Gasteiger partial charge in [0.25, 0.3) is 5.91 Å². The molecule has 0 atom stereocenters. The van der Waals surface area contributed by atoms with E-state index < -0.39 is 0 Å². The van der Waals surface area contributed by atoms with Gasteiger partial charge in [-0.05, 0) is 57.0 Å². The van der Waals surface area contributed by atoms with E-state index in [0.29, 0.717) is 28.7 Å². The van der Waals surface area contributed by atoms with Crippen LogP contribution in [0, 0.1) is 0 Å². The summed E-state index contributed by atoms with van der Waals surface area (Å²) in [5.74, 6) is -0.211. The molecule has 1 heterocycles. The standard InChI is InChI=1S/C18H21Cl2N3O/c1-18(2,3)23-14-7-9-21-16(11-14)17(24)22-8-6-12-4-5-13(19)10-15(12)20/h4-5,7,9-11H,6,8H2,1-3H3,(H,21,23)(H,22,24). The third-order valence-corrected chi connectivity index (χ3v) is 3.79.